The first-order valence-electron chi connectivity index (χ1n) is 6.54. The van der Waals surface area contributed by atoms with Crippen molar-refractivity contribution in [3.8, 4) is 0 Å². The Bertz CT molecular complexity index is 585. The summed E-state index contributed by atoms with van der Waals surface area (Å²) in [4.78, 5) is 12.3. The van der Waals surface area contributed by atoms with E-state index in [2.05, 4.69) is 5.32 Å². The number of benzene rings is 2. The molecule has 2 aromatic carbocycles. The quantitative estimate of drug-likeness (QED) is 0.883. The predicted octanol–water partition coefficient (Wildman–Crippen LogP) is 3.15. The summed E-state index contributed by atoms with van der Waals surface area (Å²) in [6.07, 6.45) is 0.670. The van der Waals surface area contributed by atoms with Crippen LogP contribution in [-0.4, -0.2) is 12.5 Å². The molecule has 100 valence electrons. The van der Waals surface area contributed by atoms with Crippen LogP contribution in [0, 0.1) is 5.41 Å². The van der Waals surface area contributed by atoms with Crippen molar-refractivity contribution in [2.75, 3.05) is 11.9 Å². The van der Waals surface area contributed by atoms with Crippen molar-refractivity contribution in [2.24, 2.45) is 11.1 Å². The molecule has 0 fully saturated rings. The van der Waals surface area contributed by atoms with Crippen LogP contribution >= 0.6 is 0 Å². The number of rotatable bonds is 4. The minimum atomic E-state index is -0.453. The van der Waals surface area contributed by atoms with E-state index in [9.17, 15) is 4.79 Å². The maximum atomic E-state index is 12.3. The Hall–Kier alpha value is -1.87. The van der Waals surface area contributed by atoms with Crippen LogP contribution < -0.4 is 11.1 Å². The number of amides is 1. The fourth-order valence-electron chi connectivity index (χ4n) is 2.10. The van der Waals surface area contributed by atoms with Crippen molar-refractivity contribution in [3.05, 3.63) is 42.5 Å². The first-order chi connectivity index (χ1) is 9.04. The summed E-state index contributed by atoms with van der Waals surface area (Å²) in [7, 11) is 0. The molecule has 0 spiro atoms. The third-order valence-electron chi connectivity index (χ3n) is 3.42. The molecule has 2 aromatic rings. The summed E-state index contributed by atoms with van der Waals surface area (Å²) in [5.41, 5.74) is 5.96. The number of nitrogens with one attached hydrogen (secondary N) is 1. The molecule has 3 nitrogen and oxygen atoms in total. The lowest BCUT2D eigenvalue weighted by Gasteiger charge is -2.23. The Morgan fingerprint density at radius 1 is 1.16 bits per heavy atom. The van der Waals surface area contributed by atoms with Gasteiger partial charge in [-0.25, -0.2) is 0 Å². The first-order valence-corrected chi connectivity index (χ1v) is 6.54. The topological polar surface area (TPSA) is 55.1 Å². The van der Waals surface area contributed by atoms with Crippen molar-refractivity contribution < 1.29 is 4.79 Å². The van der Waals surface area contributed by atoms with Crippen molar-refractivity contribution in [1.82, 2.24) is 0 Å². The van der Waals surface area contributed by atoms with E-state index in [1.165, 1.54) is 0 Å². The number of fused-ring (bicyclic) bond motifs is 1. The molecule has 0 saturated heterocycles. The largest absolute Gasteiger partial charge is 0.330 e. The van der Waals surface area contributed by atoms with Crippen molar-refractivity contribution in [2.45, 2.75) is 20.3 Å². The van der Waals surface area contributed by atoms with Crippen LogP contribution in [0.15, 0.2) is 42.5 Å². The van der Waals surface area contributed by atoms with Gasteiger partial charge in [-0.1, -0.05) is 50.2 Å². The van der Waals surface area contributed by atoms with Crippen LogP contribution in [0.3, 0.4) is 0 Å². The molecule has 19 heavy (non-hydrogen) atoms. The van der Waals surface area contributed by atoms with E-state index in [1.807, 2.05) is 56.3 Å². The maximum Gasteiger partial charge on any atom is 0.230 e. The van der Waals surface area contributed by atoms with Crippen LogP contribution in [0.4, 0.5) is 5.69 Å². The highest BCUT2D eigenvalue weighted by atomic mass is 16.2. The van der Waals surface area contributed by atoms with Gasteiger partial charge in [0.05, 0.1) is 0 Å². The van der Waals surface area contributed by atoms with Gasteiger partial charge in [-0.3, -0.25) is 4.79 Å². The van der Waals surface area contributed by atoms with Gasteiger partial charge in [0, 0.05) is 16.5 Å². The van der Waals surface area contributed by atoms with Crippen LogP contribution in [0.2, 0.25) is 0 Å². The minimum absolute atomic E-state index is 0.00861. The van der Waals surface area contributed by atoms with Crippen molar-refractivity contribution in [3.63, 3.8) is 0 Å². The van der Waals surface area contributed by atoms with E-state index in [0.29, 0.717) is 13.0 Å². The number of nitrogens with two attached hydrogens (primary N) is 1. The monoisotopic (exact) mass is 256 g/mol. The highest BCUT2D eigenvalue weighted by molar-refractivity contribution is 6.03. The third kappa shape index (κ3) is 2.93. The molecule has 3 heteroatoms. The fourth-order valence-corrected chi connectivity index (χ4v) is 2.10. The Morgan fingerprint density at radius 2 is 1.84 bits per heavy atom. The highest BCUT2D eigenvalue weighted by Crippen LogP contribution is 2.26. The second-order valence-electron chi connectivity index (χ2n) is 5.40. The molecule has 0 aromatic heterocycles. The molecule has 0 aliphatic heterocycles. The molecule has 0 aliphatic rings. The zero-order chi connectivity index (χ0) is 13.9. The van der Waals surface area contributed by atoms with Crippen LogP contribution in [0.1, 0.15) is 20.3 Å². The van der Waals surface area contributed by atoms with Crippen molar-refractivity contribution >= 4 is 22.4 Å². The summed E-state index contributed by atoms with van der Waals surface area (Å²) >= 11 is 0. The summed E-state index contributed by atoms with van der Waals surface area (Å²) in [5.74, 6) is 0.00861. The van der Waals surface area contributed by atoms with Gasteiger partial charge in [0.2, 0.25) is 5.91 Å². The van der Waals surface area contributed by atoms with E-state index >= 15 is 0 Å². The SMILES string of the molecule is CC(C)(CCN)C(=O)Nc1cccc2ccccc12. The van der Waals surface area contributed by atoms with E-state index < -0.39 is 5.41 Å². The lowest BCUT2D eigenvalue weighted by Crippen LogP contribution is -2.32. The summed E-state index contributed by atoms with van der Waals surface area (Å²) < 4.78 is 0. The molecule has 3 N–H and O–H groups in total. The number of carbonyl (C=O) groups is 1. The van der Waals surface area contributed by atoms with Gasteiger partial charge in [0.1, 0.15) is 0 Å². The molecular weight excluding hydrogens is 236 g/mol. The molecular formula is C16H20N2O. The summed E-state index contributed by atoms with van der Waals surface area (Å²) in [6.45, 7) is 4.34. The van der Waals surface area contributed by atoms with Gasteiger partial charge in [-0.15, -0.1) is 0 Å². The van der Waals surface area contributed by atoms with Gasteiger partial charge in [-0.2, -0.15) is 0 Å². The number of hydrogen-bond donors (Lipinski definition) is 2. The van der Waals surface area contributed by atoms with Gasteiger partial charge in [-0.05, 0) is 24.4 Å². The second kappa shape index (κ2) is 5.41. The normalized spacial score (nSPS) is 11.5. The van der Waals surface area contributed by atoms with Gasteiger partial charge in [0.25, 0.3) is 0 Å². The Morgan fingerprint density at radius 3 is 2.58 bits per heavy atom. The van der Waals surface area contributed by atoms with Crippen LogP contribution in [0.5, 0.6) is 0 Å². The van der Waals surface area contributed by atoms with Crippen LogP contribution in [0.25, 0.3) is 10.8 Å². The lowest BCUT2D eigenvalue weighted by atomic mass is 9.88. The average Bonchev–Trinajstić information content (AvgIpc) is 2.39. The van der Waals surface area contributed by atoms with E-state index in [0.717, 1.165) is 16.5 Å². The Balaban J connectivity index is 2.29. The lowest BCUT2D eigenvalue weighted by molar-refractivity contribution is -0.124. The predicted molar refractivity (Wildman–Crippen MR) is 80.0 cm³/mol. The second-order valence-corrected chi connectivity index (χ2v) is 5.40. The van der Waals surface area contributed by atoms with E-state index in [4.69, 9.17) is 5.73 Å². The zero-order valence-electron chi connectivity index (χ0n) is 11.4. The minimum Gasteiger partial charge on any atom is -0.330 e. The molecule has 0 heterocycles. The standard InChI is InChI=1S/C16H20N2O/c1-16(2,10-11-17)15(19)18-14-9-5-7-12-6-3-4-8-13(12)14/h3-9H,10-11,17H2,1-2H3,(H,18,19). The molecule has 1 amide bonds. The van der Waals surface area contributed by atoms with Crippen molar-refractivity contribution in [1.29, 1.82) is 0 Å². The third-order valence-corrected chi connectivity index (χ3v) is 3.42. The maximum absolute atomic E-state index is 12.3. The zero-order valence-corrected chi connectivity index (χ0v) is 11.4. The molecule has 0 atom stereocenters. The molecule has 0 saturated carbocycles. The molecule has 0 aliphatic carbocycles. The van der Waals surface area contributed by atoms with Gasteiger partial charge < -0.3 is 11.1 Å². The number of hydrogen-bond acceptors (Lipinski definition) is 2. The Kier molecular flexibility index (Phi) is 3.86. The van der Waals surface area contributed by atoms with Gasteiger partial charge in [0.15, 0.2) is 0 Å². The summed E-state index contributed by atoms with van der Waals surface area (Å²) in [6, 6.07) is 13.9. The highest BCUT2D eigenvalue weighted by Gasteiger charge is 2.26. The van der Waals surface area contributed by atoms with E-state index in [-0.39, 0.29) is 5.91 Å². The van der Waals surface area contributed by atoms with Crippen LogP contribution in [-0.2, 0) is 4.79 Å². The molecule has 2 rings (SSSR count). The first kappa shape index (κ1) is 13.6. The van der Waals surface area contributed by atoms with E-state index in [1.54, 1.807) is 0 Å². The molecule has 0 bridgehead atoms. The van der Waals surface area contributed by atoms with Gasteiger partial charge >= 0.3 is 0 Å². The average molecular weight is 256 g/mol. The molecule has 0 radical (unpaired) electrons. The number of anilines is 1. The molecule has 0 unspecified atom stereocenters. The summed E-state index contributed by atoms with van der Waals surface area (Å²) in [5, 5.41) is 5.19. The Labute approximate surface area is 113 Å². The fraction of sp³-hybridized carbons (Fsp3) is 0.312. The smallest absolute Gasteiger partial charge is 0.230 e. The number of carbonyl (C=O) groups excluding carboxylic acids is 1.